The molecule has 24 heavy (non-hydrogen) atoms. The zero-order chi connectivity index (χ0) is 17.7. The molecule has 8 heteroatoms. The summed E-state index contributed by atoms with van der Waals surface area (Å²) in [5.74, 6) is -0.517. The third kappa shape index (κ3) is 4.55. The van der Waals surface area contributed by atoms with Gasteiger partial charge in [0.15, 0.2) is 0 Å². The van der Waals surface area contributed by atoms with Crippen LogP contribution in [-0.4, -0.2) is 22.5 Å². The number of aliphatic hydroxyl groups excluding tert-OH is 1. The van der Waals surface area contributed by atoms with Crippen LogP contribution in [0.5, 0.6) is 0 Å². The molecule has 0 radical (unpaired) electrons. The third-order valence-electron chi connectivity index (χ3n) is 3.33. The first-order chi connectivity index (χ1) is 11.3. The number of nitrogens with zero attached hydrogens (tertiary/aromatic N) is 1. The number of aliphatic hydroxyl groups is 1. The first-order valence-electron chi connectivity index (χ1n) is 7.39. The first-order valence-corrected chi connectivity index (χ1v) is 8.27. The Morgan fingerprint density at radius 2 is 2.08 bits per heavy atom. The lowest BCUT2D eigenvalue weighted by atomic mass is 10.0. The van der Waals surface area contributed by atoms with Gasteiger partial charge in [-0.15, -0.1) is 11.3 Å². The molecule has 0 unspecified atom stereocenters. The van der Waals surface area contributed by atoms with E-state index in [9.17, 15) is 23.1 Å². The fourth-order valence-corrected chi connectivity index (χ4v) is 3.06. The Balaban J connectivity index is 2.02. The van der Waals surface area contributed by atoms with E-state index >= 15 is 0 Å². The van der Waals surface area contributed by atoms with Gasteiger partial charge in [0.2, 0.25) is 0 Å². The average molecular weight is 358 g/mol. The minimum Gasteiger partial charge on any atom is -0.387 e. The van der Waals surface area contributed by atoms with Gasteiger partial charge in [0.1, 0.15) is 5.69 Å². The minimum absolute atomic E-state index is 0.208. The van der Waals surface area contributed by atoms with Gasteiger partial charge in [-0.25, -0.2) is 4.98 Å². The van der Waals surface area contributed by atoms with Crippen molar-refractivity contribution in [2.24, 2.45) is 0 Å². The summed E-state index contributed by atoms with van der Waals surface area (Å²) in [5, 5.41) is 14.9. The summed E-state index contributed by atoms with van der Waals surface area (Å²) in [4.78, 5) is 16.1. The summed E-state index contributed by atoms with van der Waals surface area (Å²) in [7, 11) is 0. The molecule has 0 spiro atoms. The Morgan fingerprint density at radius 1 is 1.38 bits per heavy atom. The number of halogens is 3. The highest BCUT2D eigenvalue weighted by Gasteiger charge is 2.34. The van der Waals surface area contributed by atoms with Crippen molar-refractivity contribution >= 4 is 17.2 Å². The van der Waals surface area contributed by atoms with E-state index in [1.165, 1.54) is 29.5 Å². The van der Waals surface area contributed by atoms with Crippen molar-refractivity contribution in [1.82, 2.24) is 10.3 Å². The number of thiazole rings is 1. The van der Waals surface area contributed by atoms with Crippen LogP contribution in [0.1, 0.15) is 46.1 Å². The summed E-state index contributed by atoms with van der Waals surface area (Å²) in [5.41, 5.74) is -0.972. The number of hydrogen-bond acceptors (Lipinski definition) is 4. The van der Waals surface area contributed by atoms with Crippen LogP contribution >= 0.6 is 11.3 Å². The van der Waals surface area contributed by atoms with Gasteiger partial charge in [0.05, 0.1) is 16.7 Å². The van der Waals surface area contributed by atoms with Crippen molar-refractivity contribution in [1.29, 1.82) is 0 Å². The van der Waals surface area contributed by atoms with E-state index in [0.717, 1.165) is 23.9 Å². The van der Waals surface area contributed by atoms with E-state index in [2.05, 4.69) is 10.3 Å². The molecule has 1 heterocycles. The van der Waals surface area contributed by atoms with Gasteiger partial charge in [-0.2, -0.15) is 13.2 Å². The van der Waals surface area contributed by atoms with E-state index in [1.807, 2.05) is 6.92 Å². The predicted molar refractivity (Wildman–Crippen MR) is 84.8 cm³/mol. The van der Waals surface area contributed by atoms with E-state index < -0.39 is 23.8 Å². The van der Waals surface area contributed by atoms with Crippen molar-refractivity contribution in [3.8, 4) is 0 Å². The maximum absolute atomic E-state index is 12.9. The molecule has 130 valence electrons. The number of carbonyl (C=O) groups excluding carboxylic acids is 1. The zero-order valence-corrected chi connectivity index (χ0v) is 13.7. The molecule has 0 fully saturated rings. The average Bonchev–Trinajstić information content (AvgIpc) is 3.00. The minimum atomic E-state index is -4.56. The second-order valence-electron chi connectivity index (χ2n) is 5.19. The molecular formula is C16H17F3N2O2S. The van der Waals surface area contributed by atoms with Crippen molar-refractivity contribution in [3.63, 3.8) is 0 Å². The molecule has 2 N–H and O–H groups in total. The van der Waals surface area contributed by atoms with Gasteiger partial charge in [-0.05, 0) is 24.5 Å². The summed E-state index contributed by atoms with van der Waals surface area (Å²) in [6, 6.07) is 4.76. The highest BCUT2D eigenvalue weighted by molar-refractivity contribution is 7.09. The molecule has 1 aromatic carbocycles. The fraction of sp³-hybridized carbons (Fsp3) is 0.375. The number of amides is 1. The summed E-state index contributed by atoms with van der Waals surface area (Å²) in [6.45, 7) is 1.67. The Kier molecular flexibility index (Phi) is 5.95. The molecule has 0 aliphatic carbocycles. The van der Waals surface area contributed by atoms with Crippen LogP contribution in [-0.2, 0) is 12.6 Å². The predicted octanol–water partition coefficient (Wildman–Crippen LogP) is 3.58. The van der Waals surface area contributed by atoms with Crippen LogP contribution in [0.2, 0.25) is 0 Å². The molecule has 0 saturated carbocycles. The first kappa shape index (κ1) is 18.4. The van der Waals surface area contributed by atoms with Crippen LogP contribution in [0.15, 0.2) is 29.6 Å². The molecular weight excluding hydrogens is 341 g/mol. The topological polar surface area (TPSA) is 62.2 Å². The summed E-state index contributed by atoms with van der Waals surface area (Å²) < 4.78 is 38.8. The number of alkyl halides is 3. The Morgan fingerprint density at radius 3 is 2.75 bits per heavy atom. The molecule has 1 amide bonds. The molecule has 2 aromatic rings. The van der Waals surface area contributed by atoms with Gasteiger partial charge in [-0.1, -0.05) is 25.1 Å². The third-order valence-corrected chi connectivity index (χ3v) is 4.24. The second-order valence-corrected chi connectivity index (χ2v) is 6.13. The van der Waals surface area contributed by atoms with Crippen molar-refractivity contribution in [2.45, 2.75) is 32.0 Å². The zero-order valence-electron chi connectivity index (χ0n) is 12.9. The molecule has 1 atom stereocenters. The van der Waals surface area contributed by atoms with E-state index in [-0.39, 0.29) is 17.8 Å². The molecule has 4 nitrogen and oxygen atoms in total. The van der Waals surface area contributed by atoms with Gasteiger partial charge in [-0.3, -0.25) is 4.79 Å². The lowest BCUT2D eigenvalue weighted by Gasteiger charge is -2.17. The molecule has 0 aliphatic heterocycles. The van der Waals surface area contributed by atoms with E-state index in [0.29, 0.717) is 0 Å². The van der Waals surface area contributed by atoms with Crippen molar-refractivity contribution in [3.05, 3.63) is 51.5 Å². The summed E-state index contributed by atoms with van der Waals surface area (Å²) >= 11 is 1.36. The SMILES string of the molecule is CCCc1nc(C(=O)NC[C@H](O)c2ccccc2C(F)(F)F)cs1. The number of aromatic nitrogens is 1. The van der Waals surface area contributed by atoms with Crippen LogP contribution < -0.4 is 5.32 Å². The number of rotatable bonds is 6. The second kappa shape index (κ2) is 7.76. The smallest absolute Gasteiger partial charge is 0.387 e. The quantitative estimate of drug-likeness (QED) is 0.830. The number of carbonyl (C=O) groups is 1. The highest BCUT2D eigenvalue weighted by Crippen LogP contribution is 2.34. The summed E-state index contributed by atoms with van der Waals surface area (Å²) in [6.07, 6.45) is -4.35. The Hall–Kier alpha value is -1.93. The van der Waals surface area contributed by atoms with E-state index in [1.54, 1.807) is 5.38 Å². The van der Waals surface area contributed by atoms with Crippen molar-refractivity contribution in [2.75, 3.05) is 6.54 Å². The van der Waals surface area contributed by atoms with Crippen LogP contribution in [0.4, 0.5) is 13.2 Å². The normalized spacial score (nSPS) is 12.9. The molecule has 1 aromatic heterocycles. The lowest BCUT2D eigenvalue weighted by molar-refractivity contribution is -0.139. The standard InChI is InChI=1S/C16H17F3N2O2S/c1-2-5-14-21-12(9-24-14)15(23)20-8-13(22)10-6-3-4-7-11(10)16(17,18)19/h3-4,6-7,9,13,22H,2,5,8H2,1H3,(H,20,23)/t13-/m0/s1. The van der Waals surface area contributed by atoms with Crippen LogP contribution in [0, 0.1) is 0 Å². The van der Waals surface area contributed by atoms with Gasteiger partial charge in [0.25, 0.3) is 5.91 Å². The molecule has 0 bridgehead atoms. The number of nitrogens with one attached hydrogen (secondary N) is 1. The number of benzene rings is 1. The van der Waals surface area contributed by atoms with Gasteiger partial charge < -0.3 is 10.4 Å². The van der Waals surface area contributed by atoms with Gasteiger partial charge in [0, 0.05) is 11.9 Å². The monoisotopic (exact) mass is 358 g/mol. The Labute approximate surface area is 141 Å². The largest absolute Gasteiger partial charge is 0.416 e. The molecule has 0 aliphatic rings. The van der Waals surface area contributed by atoms with Crippen LogP contribution in [0.25, 0.3) is 0 Å². The molecule has 2 rings (SSSR count). The molecule has 0 saturated heterocycles. The van der Waals surface area contributed by atoms with Crippen molar-refractivity contribution < 1.29 is 23.1 Å². The fourth-order valence-electron chi connectivity index (χ4n) is 2.18. The van der Waals surface area contributed by atoms with E-state index in [4.69, 9.17) is 0 Å². The van der Waals surface area contributed by atoms with Crippen LogP contribution in [0.3, 0.4) is 0 Å². The number of aryl methyl sites for hydroxylation is 1. The maximum atomic E-state index is 12.9. The maximum Gasteiger partial charge on any atom is 0.416 e. The lowest BCUT2D eigenvalue weighted by Crippen LogP contribution is -2.29. The Bertz CT molecular complexity index is 701. The van der Waals surface area contributed by atoms with Gasteiger partial charge >= 0.3 is 6.18 Å². The number of hydrogen-bond donors (Lipinski definition) is 2. The highest BCUT2D eigenvalue weighted by atomic mass is 32.1.